The first-order valence-electron chi connectivity index (χ1n) is 12.5. The van der Waals surface area contributed by atoms with E-state index in [1.54, 1.807) is 23.1 Å². The van der Waals surface area contributed by atoms with Crippen LogP contribution in [0.3, 0.4) is 0 Å². The number of nitrogens with zero attached hydrogens (tertiary/aromatic N) is 2. The van der Waals surface area contributed by atoms with Gasteiger partial charge in [0, 0.05) is 12.1 Å². The molecule has 1 amide bonds. The average molecular weight is 495 g/mol. The summed E-state index contributed by atoms with van der Waals surface area (Å²) >= 11 is 0. The maximum Gasteiger partial charge on any atom is 0.295 e. The van der Waals surface area contributed by atoms with Crippen molar-refractivity contribution < 1.29 is 28.9 Å². The molecule has 0 saturated carbocycles. The predicted octanol–water partition coefficient (Wildman–Crippen LogP) is 4.01. The molecule has 1 unspecified atom stereocenters. The Bertz CT molecular complexity index is 1140. The second-order valence-electron chi connectivity index (χ2n) is 9.28. The molecule has 2 aliphatic rings. The quantitative estimate of drug-likeness (QED) is 0.231. The van der Waals surface area contributed by atoms with Crippen molar-refractivity contribution in [2.24, 2.45) is 0 Å². The van der Waals surface area contributed by atoms with E-state index in [0.29, 0.717) is 61.2 Å². The summed E-state index contributed by atoms with van der Waals surface area (Å²) in [4.78, 5) is 30.1. The standard InChI is InChI=1S/C28H34N2O6/c1-4-5-14-34-21-9-6-8-19(17-21)25-24(27(32)28(33)30(25)13-7-12-29(2)3)26(31)20-10-11-22-23(18-20)36-16-15-35-22/h6,8-11,17-18,25,31H,4-5,7,12-16H2,1-3H3/b26-24-. The van der Waals surface area contributed by atoms with E-state index in [-0.39, 0.29) is 11.3 Å². The normalized spacial score (nSPS) is 18.7. The second kappa shape index (κ2) is 11.5. The number of aliphatic hydroxyl groups excluding tert-OH is 1. The van der Waals surface area contributed by atoms with Crippen LogP contribution in [0.5, 0.6) is 17.2 Å². The van der Waals surface area contributed by atoms with Crippen LogP contribution in [0.25, 0.3) is 5.76 Å². The van der Waals surface area contributed by atoms with Crippen LogP contribution in [0.4, 0.5) is 0 Å². The Morgan fingerprint density at radius 2 is 1.86 bits per heavy atom. The Hall–Kier alpha value is -3.52. The lowest BCUT2D eigenvalue weighted by Crippen LogP contribution is -2.32. The van der Waals surface area contributed by atoms with Crippen LogP contribution in [0.1, 0.15) is 43.4 Å². The average Bonchev–Trinajstić information content (AvgIpc) is 3.13. The van der Waals surface area contributed by atoms with Gasteiger partial charge in [-0.05, 0) is 69.4 Å². The van der Waals surface area contributed by atoms with Gasteiger partial charge in [0.15, 0.2) is 11.5 Å². The maximum absolute atomic E-state index is 13.3. The summed E-state index contributed by atoms with van der Waals surface area (Å²) < 4.78 is 17.1. The fourth-order valence-electron chi connectivity index (χ4n) is 4.47. The minimum absolute atomic E-state index is 0.0623. The van der Waals surface area contributed by atoms with Crippen LogP contribution in [0.15, 0.2) is 48.0 Å². The highest BCUT2D eigenvalue weighted by Gasteiger charge is 2.46. The van der Waals surface area contributed by atoms with Crippen molar-refractivity contribution in [1.29, 1.82) is 0 Å². The summed E-state index contributed by atoms with van der Waals surface area (Å²) in [6.07, 6.45) is 2.63. The molecule has 0 radical (unpaired) electrons. The van der Waals surface area contributed by atoms with Gasteiger partial charge in [-0.25, -0.2) is 0 Å². The number of fused-ring (bicyclic) bond motifs is 1. The highest BCUT2D eigenvalue weighted by atomic mass is 16.6. The van der Waals surface area contributed by atoms with E-state index >= 15 is 0 Å². The third kappa shape index (κ3) is 5.49. The number of hydrogen-bond acceptors (Lipinski definition) is 7. The summed E-state index contributed by atoms with van der Waals surface area (Å²) in [5.74, 6) is 0.190. The second-order valence-corrected chi connectivity index (χ2v) is 9.28. The molecule has 2 aromatic carbocycles. The molecule has 1 fully saturated rings. The first kappa shape index (κ1) is 25.6. The number of amides is 1. The van der Waals surface area contributed by atoms with Crippen molar-refractivity contribution in [2.45, 2.75) is 32.2 Å². The lowest BCUT2D eigenvalue weighted by atomic mass is 9.95. The summed E-state index contributed by atoms with van der Waals surface area (Å²) in [6.45, 7) is 4.68. The molecule has 1 N–H and O–H groups in total. The first-order chi connectivity index (χ1) is 17.4. The van der Waals surface area contributed by atoms with Crippen molar-refractivity contribution in [2.75, 3.05) is 47.0 Å². The molecule has 1 atom stereocenters. The number of rotatable bonds is 10. The number of hydrogen-bond donors (Lipinski definition) is 1. The number of benzene rings is 2. The Kier molecular flexibility index (Phi) is 8.15. The van der Waals surface area contributed by atoms with Gasteiger partial charge < -0.3 is 29.1 Å². The molecule has 0 aromatic heterocycles. The molecular formula is C28H34N2O6. The van der Waals surface area contributed by atoms with Crippen molar-refractivity contribution in [1.82, 2.24) is 9.80 Å². The van der Waals surface area contributed by atoms with Gasteiger partial charge in [-0.15, -0.1) is 0 Å². The first-order valence-corrected chi connectivity index (χ1v) is 12.5. The summed E-state index contributed by atoms with van der Waals surface area (Å²) in [7, 11) is 3.93. The molecule has 2 aromatic rings. The van der Waals surface area contributed by atoms with E-state index in [2.05, 4.69) is 6.92 Å². The lowest BCUT2D eigenvalue weighted by Gasteiger charge is -2.26. The smallest absolute Gasteiger partial charge is 0.295 e. The molecular weight excluding hydrogens is 460 g/mol. The van der Waals surface area contributed by atoms with E-state index in [4.69, 9.17) is 14.2 Å². The topological polar surface area (TPSA) is 88.5 Å². The van der Waals surface area contributed by atoms with Gasteiger partial charge in [0.2, 0.25) is 0 Å². The number of carbonyl (C=O) groups is 2. The van der Waals surface area contributed by atoms with E-state index in [9.17, 15) is 14.7 Å². The molecule has 0 spiro atoms. The molecule has 2 heterocycles. The number of unbranched alkanes of at least 4 members (excludes halogenated alkanes) is 1. The zero-order valence-corrected chi connectivity index (χ0v) is 21.2. The molecule has 0 aliphatic carbocycles. The van der Waals surface area contributed by atoms with Crippen LogP contribution in [0, 0.1) is 0 Å². The predicted molar refractivity (Wildman–Crippen MR) is 136 cm³/mol. The Labute approximate surface area is 212 Å². The molecule has 0 bridgehead atoms. The third-order valence-electron chi connectivity index (χ3n) is 6.30. The molecule has 8 nitrogen and oxygen atoms in total. The highest BCUT2D eigenvalue weighted by molar-refractivity contribution is 6.46. The van der Waals surface area contributed by atoms with Crippen molar-refractivity contribution in [3.05, 3.63) is 59.2 Å². The van der Waals surface area contributed by atoms with Crippen LogP contribution in [-0.4, -0.2) is 73.6 Å². The number of ether oxygens (including phenoxy) is 3. The monoisotopic (exact) mass is 494 g/mol. The van der Waals surface area contributed by atoms with Gasteiger partial charge >= 0.3 is 0 Å². The zero-order chi connectivity index (χ0) is 25.7. The summed E-state index contributed by atoms with van der Waals surface area (Å²) in [6, 6.07) is 11.7. The number of carbonyl (C=O) groups excluding carboxylic acids is 2. The maximum atomic E-state index is 13.3. The fourth-order valence-corrected chi connectivity index (χ4v) is 4.47. The number of aliphatic hydroxyl groups is 1. The zero-order valence-electron chi connectivity index (χ0n) is 21.2. The minimum atomic E-state index is -0.727. The van der Waals surface area contributed by atoms with Gasteiger partial charge in [0.1, 0.15) is 24.7 Å². The van der Waals surface area contributed by atoms with Crippen molar-refractivity contribution >= 4 is 17.4 Å². The molecule has 1 saturated heterocycles. The number of likely N-dealkylation sites (tertiary alicyclic amines) is 1. The molecule has 2 aliphatic heterocycles. The van der Waals surface area contributed by atoms with E-state index in [1.807, 2.05) is 43.3 Å². The van der Waals surface area contributed by atoms with Gasteiger partial charge in [0.05, 0.1) is 18.2 Å². The van der Waals surface area contributed by atoms with Crippen LogP contribution >= 0.6 is 0 Å². The Morgan fingerprint density at radius 3 is 2.61 bits per heavy atom. The number of Topliss-reactive ketones (excluding diaryl/α,β-unsaturated/α-hetero) is 1. The minimum Gasteiger partial charge on any atom is -0.507 e. The lowest BCUT2D eigenvalue weighted by molar-refractivity contribution is -0.139. The Morgan fingerprint density at radius 1 is 1.08 bits per heavy atom. The van der Waals surface area contributed by atoms with E-state index in [0.717, 1.165) is 19.4 Å². The van der Waals surface area contributed by atoms with Gasteiger partial charge in [-0.1, -0.05) is 25.5 Å². The van der Waals surface area contributed by atoms with Crippen LogP contribution in [0.2, 0.25) is 0 Å². The fraction of sp³-hybridized carbons (Fsp3) is 0.429. The molecule has 192 valence electrons. The van der Waals surface area contributed by atoms with Crippen molar-refractivity contribution in [3.63, 3.8) is 0 Å². The van der Waals surface area contributed by atoms with Gasteiger partial charge in [-0.2, -0.15) is 0 Å². The van der Waals surface area contributed by atoms with E-state index in [1.165, 1.54) is 0 Å². The van der Waals surface area contributed by atoms with Crippen LogP contribution in [-0.2, 0) is 9.59 Å². The SMILES string of the molecule is CCCCOc1cccc(C2/C(=C(/O)c3ccc4c(c3)OCCO4)C(=O)C(=O)N2CCCN(C)C)c1. The third-order valence-corrected chi connectivity index (χ3v) is 6.30. The van der Waals surface area contributed by atoms with Crippen molar-refractivity contribution in [3.8, 4) is 17.2 Å². The summed E-state index contributed by atoms with van der Waals surface area (Å²) in [5, 5.41) is 11.4. The number of ketones is 1. The molecule has 36 heavy (non-hydrogen) atoms. The molecule has 8 heteroatoms. The van der Waals surface area contributed by atoms with Crippen LogP contribution < -0.4 is 14.2 Å². The van der Waals surface area contributed by atoms with Gasteiger partial charge in [0.25, 0.3) is 11.7 Å². The van der Waals surface area contributed by atoms with E-state index < -0.39 is 17.7 Å². The summed E-state index contributed by atoms with van der Waals surface area (Å²) in [5.41, 5.74) is 1.17. The largest absolute Gasteiger partial charge is 0.507 e. The molecule has 4 rings (SSSR count). The Balaban J connectivity index is 1.75. The highest BCUT2D eigenvalue weighted by Crippen LogP contribution is 2.41. The van der Waals surface area contributed by atoms with Gasteiger partial charge in [-0.3, -0.25) is 9.59 Å².